The number of anilines is 2. The first-order valence-electron chi connectivity index (χ1n) is 16.7. The molecule has 0 saturated carbocycles. The molecule has 0 aromatic heterocycles. The van der Waals surface area contributed by atoms with E-state index in [1.165, 1.54) is 6.92 Å². The number of hydrogen-bond acceptors (Lipinski definition) is 10. The van der Waals surface area contributed by atoms with Crippen molar-refractivity contribution in [2.24, 2.45) is 0 Å². The molecule has 10 heteroatoms. The highest BCUT2D eigenvalue weighted by molar-refractivity contribution is 7.99. The Morgan fingerprint density at radius 2 is 1.43 bits per heavy atom. The lowest BCUT2D eigenvalue weighted by molar-refractivity contribution is 0.0989. The zero-order valence-corrected chi connectivity index (χ0v) is 31.3. The number of Topliss-reactive ketones (excluding diaryl/α,β-unsaturated/α-hetero) is 2. The van der Waals surface area contributed by atoms with Crippen molar-refractivity contribution >= 4 is 34.7 Å². The molecule has 0 bridgehead atoms. The first kappa shape index (κ1) is 38.9. The van der Waals surface area contributed by atoms with E-state index in [1.807, 2.05) is 43.3 Å². The van der Waals surface area contributed by atoms with Gasteiger partial charge in [-0.05, 0) is 78.2 Å². The van der Waals surface area contributed by atoms with Crippen molar-refractivity contribution in [2.45, 2.75) is 51.4 Å². The van der Waals surface area contributed by atoms with Crippen LogP contribution in [0.3, 0.4) is 0 Å². The number of ketones is 2. The summed E-state index contributed by atoms with van der Waals surface area (Å²) in [6.45, 7) is 10.5. The molecule has 51 heavy (non-hydrogen) atoms. The van der Waals surface area contributed by atoms with Gasteiger partial charge in [-0.2, -0.15) is 11.8 Å². The van der Waals surface area contributed by atoms with E-state index in [4.69, 9.17) is 23.7 Å². The van der Waals surface area contributed by atoms with Gasteiger partial charge in [0.05, 0.1) is 20.8 Å². The molecule has 0 radical (unpaired) electrons. The minimum atomic E-state index is -0.0719. The van der Waals surface area contributed by atoms with Gasteiger partial charge in [0.15, 0.2) is 34.6 Å². The largest absolute Gasteiger partial charge is 0.493 e. The van der Waals surface area contributed by atoms with Crippen LogP contribution in [0.5, 0.6) is 23.0 Å². The van der Waals surface area contributed by atoms with E-state index in [0.717, 1.165) is 39.3 Å². The molecule has 0 aliphatic carbocycles. The minimum absolute atomic E-state index is 0.0254. The molecule has 0 aliphatic rings. The Kier molecular flexibility index (Phi) is 14.4. The molecule has 0 aliphatic heterocycles. The highest BCUT2D eigenvalue weighted by Crippen LogP contribution is 2.35. The molecule has 1 unspecified atom stereocenters. The van der Waals surface area contributed by atoms with Gasteiger partial charge in [-0.1, -0.05) is 43.8 Å². The van der Waals surface area contributed by atoms with E-state index in [1.54, 1.807) is 64.5 Å². The van der Waals surface area contributed by atoms with E-state index in [-0.39, 0.29) is 31.2 Å². The third-order valence-electron chi connectivity index (χ3n) is 8.23. The summed E-state index contributed by atoms with van der Waals surface area (Å²) in [7, 11) is 6.60. The zero-order chi connectivity index (χ0) is 36.9. The molecular weight excluding hydrogens is 665 g/mol. The van der Waals surface area contributed by atoms with Crippen LogP contribution in [0, 0.1) is 6.92 Å². The second kappa shape index (κ2) is 18.9. The minimum Gasteiger partial charge on any atom is -0.493 e. The molecule has 4 aromatic rings. The number of rotatable bonds is 20. The number of para-hydroxylation sites is 1. The van der Waals surface area contributed by atoms with Gasteiger partial charge in [-0.15, -0.1) is 0 Å². The van der Waals surface area contributed by atoms with Crippen molar-refractivity contribution in [3.8, 4) is 23.0 Å². The molecular formula is C41H48N2O7S. The number of nitrogens with one attached hydrogen (secondary N) is 2. The number of thioether (sulfide) groups is 1. The quantitative estimate of drug-likeness (QED) is 0.0866. The molecule has 1 atom stereocenters. The van der Waals surface area contributed by atoms with E-state index in [9.17, 15) is 9.59 Å². The van der Waals surface area contributed by atoms with E-state index >= 15 is 0 Å². The third-order valence-corrected chi connectivity index (χ3v) is 9.43. The topological polar surface area (TPSA) is 104 Å². The normalized spacial score (nSPS) is 11.4. The standard InChI is InChI=1S/C41H48N2O7S/c1-9-43-35-13-11-10-12-32(35)18-37(45)33-19-38(47-7)40(14-26(33)2)49-23-29-15-30(17-31(16-29)25-51-27(3)22-46-6)24-50-41-21-36(42-5)34(28(4)44)20-39(41)48-8/h9-17,19-21,27,42-43H,1,18,22-25H2,2-8H3. The maximum Gasteiger partial charge on any atom is 0.167 e. The summed E-state index contributed by atoms with van der Waals surface area (Å²) in [5.74, 6) is 2.70. The maximum atomic E-state index is 13.5. The van der Waals surface area contributed by atoms with E-state index in [0.29, 0.717) is 51.7 Å². The summed E-state index contributed by atoms with van der Waals surface area (Å²) < 4.78 is 29.2. The summed E-state index contributed by atoms with van der Waals surface area (Å²) in [5.41, 5.74) is 7.30. The maximum absolute atomic E-state index is 13.5. The van der Waals surface area contributed by atoms with Crippen molar-refractivity contribution in [3.05, 3.63) is 118 Å². The molecule has 4 rings (SSSR count). The zero-order valence-electron chi connectivity index (χ0n) is 30.5. The summed E-state index contributed by atoms with van der Waals surface area (Å²) in [5, 5.41) is 6.50. The van der Waals surface area contributed by atoms with E-state index < -0.39 is 0 Å². The average Bonchev–Trinajstić information content (AvgIpc) is 3.12. The van der Waals surface area contributed by atoms with Crippen LogP contribution in [0.2, 0.25) is 0 Å². The number of aryl methyl sites for hydroxylation is 1. The predicted molar refractivity (Wildman–Crippen MR) is 206 cm³/mol. The van der Waals surface area contributed by atoms with Crippen molar-refractivity contribution < 1.29 is 33.3 Å². The number of ether oxygens (including phenoxy) is 5. The fraction of sp³-hybridized carbons (Fsp3) is 0.317. The molecule has 2 N–H and O–H groups in total. The number of carbonyl (C=O) groups excluding carboxylic acids is 2. The van der Waals surface area contributed by atoms with Crippen LogP contribution in [0.4, 0.5) is 11.4 Å². The number of methoxy groups -OCH3 is 3. The first-order chi connectivity index (χ1) is 24.6. The van der Waals surface area contributed by atoms with Crippen molar-refractivity contribution in [2.75, 3.05) is 45.6 Å². The predicted octanol–water partition coefficient (Wildman–Crippen LogP) is 8.66. The lowest BCUT2D eigenvalue weighted by Gasteiger charge is -2.17. The molecule has 0 spiro atoms. The lowest BCUT2D eigenvalue weighted by Crippen LogP contribution is -2.09. The van der Waals surface area contributed by atoms with Crippen LogP contribution in [0.1, 0.15) is 62.4 Å². The SMILES string of the molecule is C=CNc1ccccc1CC(=O)c1cc(OC)c(OCc2cc(COc3cc(NC)c(C(C)=O)cc3OC)cc(CSC(C)COC)c2)cc1C. The molecule has 0 fully saturated rings. The van der Waals surface area contributed by atoms with Crippen LogP contribution in [0.15, 0.2) is 79.5 Å². The molecule has 4 aromatic carbocycles. The van der Waals surface area contributed by atoms with Gasteiger partial charge in [-0.3, -0.25) is 9.59 Å². The van der Waals surface area contributed by atoms with Gasteiger partial charge < -0.3 is 34.3 Å². The molecule has 0 saturated heterocycles. The number of benzene rings is 4. The van der Waals surface area contributed by atoms with Gasteiger partial charge in [-0.25, -0.2) is 0 Å². The Balaban J connectivity index is 1.57. The molecule has 270 valence electrons. The van der Waals surface area contributed by atoms with Crippen molar-refractivity contribution in [3.63, 3.8) is 0 Å². The van der Waals surface area contributed by atoms with Gasteiger partial charge in [0, 0.05) is 60.1 Å². The Labute approximate surface area is 305 Å². The Morgan fingerprint density at radius 1 is 0.824 bits per heavy atom. The summed E-state index contributed by atoms with van der Waals surface area (Å²) in [4.78, 5) is 25.7. The van der Waals surface area contributed by atoms with Crippen LogP contribution in [0.25, 0.3) is 0 Å². The highest BCUT2D eigenvalue weighted by atomic mass is 32.2. The Hall–Kier alpha value is -4.93. The van der Waals surface area contributed by atoms with Crippen LogP contribution in [-0.4, -0.2) is 51.8 Å². The highest BCUT2D eigenvalue weighted by Gasteiger charge is 2.18. The molecule has 0 amide bonds. The second-order valence-electron chi connectivity index (χ2n) is 12.1. The number of hydrogen-bond donors (Lipinski definition) is 2. The van der Waals surface area contributed by atoms with Crippen LogP contribution < -0.4 is 29.6 Å². The molecule has 9 nitrogen and oxygen atoms in total. The Morgan fingerprint density at radius 3 is 2.02 bits per heavy atom. The third kappa shape index (κ3) is 10.5. The van der Waals surface area contributed by atoms with Gasteiger partial charge in [0.1, 0.15) is 13.2 Å². The number of carbonyl (C=O) groups is 2. The smallest absolute Gasteiger partial charge is 0.167 e. The fourth-order valence-electron chi connectivity index (χ4n) is 5.69. The van der Waals surface area contributed by atoms with Crippen LogP contribution in [-0.2, 0) is 30.1 Å². The fourth-order valence-corrected chi connectivity index (χ4v) is 6.57. The van der Waals surface area contributed by atoms with Gasteiger partial charge in [0.25, 0.3) is 0 Å². The summed E-state index contributed by atoms with van der Waals surface area (Å²) in [6.07, 6.45) is 1.82. The Bertz CT molecular complexity index is 1840. The first-order valence-corrected chi connectivity index (χ1v) is 17.7. The van der Waals surface area contributed by atoms with Gasteiger partial charge >= 0.3 is 0 Å². The van der Waals surface area contributed by atoms with E-state index in [2.05, 4.69) is 36.3 Å². The van der Waals surface area contributed by atoms with Gasteiger partial charge in [0.2, 0.25) is 0 Å². The summed E-state index contributed by atoms with van der Waals surface area (Å²) in [6, 6.07) is 21.1. The lowest BCUT2D eigenvalue weighted by atomic mass is 9.97. The summed E-state index contributed by atoms with van der Waals surface area (Å²) >= 11 is 1.80. The second-order valence-corrected chi connectivity index (χ2v) is 13.5. The molecule has 0 heterocycles. The monoisotopic (exact) mass is 712 g/mol. The van der Waals surface area contributed by atoms with Crippen LogP contribution >= 0.6 is 11.8 Å². The average molecular weight is 713 g/mol. The van der Waals surface area contributed by atoms with Crippen molar-refractivity contribution in [1.29, 1.82) is 0 Å². The van der Waals surface area contributed by atoms with Crippen molar-refractivity contribution in [1.82, 2.24) is 0 Å².